The maximum absolute atomic E-state index is 10.3. The molecule has 0 N–H and O–H groups in total. The predicted octanol–water partition coefficient (Wildman–Crippen LogP) is 3.21. The van der Waals surface area contributed by atoms with Crippen molar-refractivity contribution in [1.29, 1.82) is 0 Å². The van der Waals surface area contributed by atoms with Gasteiger partial charge in [-0.1, -0.05) is 49.4 Å². The van der Waals surface area contributed by atoms with E-state index in [0.717, 1.165) is 39.3 Å². The van der Waals surface area contributed by atoms with Crippen molar-refractivity contribution in [2.75, 3.05) is 39.3 Å². The summed E-state index contributed by atoms with van der Waals surface area (Å²) in [6.45, 7) is 28.0. The van der Waals surface area contributed by atoms with Crippen LogP contribution in [0.15, 0.2) is 75.9 Å². The van der Waals surface area contributed by atoms with Crippen molar-refractivity contribution in [2.45, 2.75) is 6.05 Å². The van der Waals surface area contributed by atoms with Gasteiger partial charge >= 0.3 is 0 Å². The lowest BCUT2D eigenvalue weighted by Crippen LogP contribution is -2.54. The van der Waals surface area contributed by atoms with Gasteiger partial charge in [-0.3, -0.25) is 8.78 Å². The molecule has 26 heavy (non-hydrogen) atoms. The van der Waals surface area contributed by atoms with Crippen molar-refractivity contribution >= 4 is 21.7 Å². The van der Waals surface area contributed by atoms with E-state index in [-0.39, 0.29) is 11.5 Å². The van der Waals surface area contributed by atoms with Crippen molar-refractivity contribution in [1.82, 2.24) is 12.9 Å². The maximum atomic E-state index is 10.3. The molecule has 0 rings (SSSR count). The molecule has 0 saturated carbocycles. The Morgan fingerprint density at radius 1 is 0.615 bits per heavy atom. The molecule has 0 aliphatic rings. The van der Waals surface area contributed by atoms with Crippen LogP contribution in [0.1, 0.15) is 0 Å². The van der Waals surface area contributed by atoms with E-state index in [1.807, 2.05) is 36.5 Å². The van der Waals surface area contributed by atoms with E-state index < -0.39 is 6.05 Å². The third-order valence-electron chi connectivity index (χ3n) is 2.69. The van der Waals surface area contributed by atoms with Crippen molar-refractivity contribution in [2.24, 2.45) is 0 Å². The van der Waals surface area contributed by atoms with Gasteiger partial charge in [0.1, 0.15) is 0 Å². The van der Waals surface area contributed by atoms with Crippen molar-refractivity contribution in [3.63, 3.8) is 0 Å². The number of hydrogen-bond acceptors (Lipinski definition) is 3. The standard InChI is InChI=1S/C18H30N3S.CH3F2Si/c1-7-13-19(14-8-2)22(20(15-9-3)16-10-4)21(17-11-5)18-12-6;2-1(3)4/h7-12H,1-6,13-18H2;1H,4H2/q+1;-1. The number of nitrogens with zero attached hydrogens (tertiary/aromatic N) is 3. The molecule has 0 fully saturated rings. The number of hydrogen-bond donors (Lipinski definition) is 0. The molecule has 0 aromatic heterocycles. The summed E-state index contributed by atoms with van der Waals surface area (Å²) >= 11 is -0.265. The number of rotatable bonds is 15. The molecule has 0 radical (unpaired) electrons. The van der Waals surface area contributed by atoms with Gasteiger partial charge in [-0.15, -0.1) is 39.5 Å². The van der Waals surface area contributed by atoms with Crippen molar-refractivity contribution in [3.05, 3.63) is 75.9 Å². The predicted molar refractivity (Wildman–Crippen MR) is 118 cm³/mol. The van der Waals surface area contributed by atoms with Gasteiger partial charge in [0.2, 0.25) is 0 Å². The van der Waals surface area contributed by atoms with E-state index in [2.05, 4.69) is 52.4 Å². The molecule has 0 aromatic rings. The van der Waals surface area contributed by atoms with E-state index in [1.165, 1.54) is 0 Å². The van der Waals surface area contributed by atoms with Crippen molar-refractivity contribution < 1.29 is 8.78 Å². The molecule has 0 bridgehead atoms. The zero-order valence-corrected chi connectivity index (χ0v) is 18.0. The summed E-state index contributed by atoms with van der Waals surface area (Å²) in [4.78, 5) is 0. The molecule has 0 amide bonds. The lowest BCUT2D eigenvalue weighted by Gasteiger charge is -2.31. The van der Waals surface area contributed by atoms with Crippen LogP contribution in [0.4, 0.5) is 8.78 Å². The summed E-state index contributed by atoms with van der Waals surface area (Å²) in [7, 11) is 0.670. The Bertz CT molecular complexity index is 343. The minimum atomic E-state index is -2.14. The second kappa shape index (κ2) is 18.5. The third kappa shape index (κ3) is 13.0. The number of halogens is 2. The van der Waals surface area contributed by atoms with E-state index in [1.54, 1.807) is 0 Å². The summed E-state index contributed by atoms with van der Waals surface area (Å²) in [5.41, 5.74) is 0. The average molecular weight is 402 g/mol. The van der Waals surface area contributed by atoms with E-state index in [4.69, 9.17) is 0 Å². The fourth-order valence-electron chi connectivity index (χ4n) is 1.98. The molecule has 7 heteroatoms. The highest BCUT2D eigenvalue weighted by Crippen LogP contribution is 2.18. The molecule has 148 valence electrons. The van der Waals surface area contributed by atoms with Crippen LogP contribution in [0.3, 0.4) is 0 Å². The maximum Gasteiger partial charge on any atom is 0.269 e. The molecule has 0 aromatic carbocycles. The first-order valence-corrected chi connectivity index (χ1v) is 10.1. The van der Waals surface area contributed by atoms with Crippen LogP contribution in [0.5, 0.6) is 0 Å². The SMILES string of the molecule is C=CCN(CC=C)[S+](N(CC=C)CC=C)N(CC=C)CC=C.FC(F)[SiH2-]. The molecular formula is C19H33F2N3SSi. The minimum absolute atomic E-state index is 0.265. The molecule has 3 nitrogen and oxygen atoms in total. The summed E-state index contributed by atoms with van der Waals surface area (Å²) in [5, 5.41) is 0. The lowest BCUT2D eigenvalue weighted by molar-refractivity contribution is 0.242. The topological polar surface area (TPSA) is 9.72 Å². The first-order valence-electron chi connectivity index (χ1n) is 8.19. The summed E-state index contributed by atoms with van der Waals surface area (Å²) in [6, 6.07) is -2.14. The quantitative estimate of drug-likeness (QED) is 0.237. The largest absolute Gasteiger partial charge is 0.269 e. The van der Waals surface area contributed by atoms with Crippen LogP contribution in [0.25, 0.3) is 0 Å². The number of alkyl halides is 2. The normalized spacial score (nSPS) is 10.6. The summed E-state index contributed by atoms with van der Waals surface area (Å²) in [6.07, 6.45) is 11.5. The highest BCUT2D eigenvalue weighted by atomic mass is 32.2. The summed E-state index contributed by atoms with van der Waals surface area (Å²) < 4.78 is 27.7. The molecule has 0 heterocycles. The van der Waals surface area contributed by atoms with Crippen LogP contribution in [0.2, 0.25) is 0 Å². The van der Waals surface area contributed by atoms with Gasteiger partial charge in [0, 0.05) is 0 Å². The second-order valence-corrected chi connectivity index (χ2v) is 7.57. The first-order chi connectivity index (χ1) is 12.4. The average Bonchev–Trinajstić information content (AvgIpc) is 2.56. The van der Waals surface area contributed by atoms with Gasteiger partial charge in [-0.25, -0.2) is 10.2 Å². The van der Waals surface area contributed by atoms with Gasteiger partial charge in [0.15, 0.2) is 0 Å². The van der Waals surface area contributed by atoms with E-state index in [9.17, 15) is 8.78 Å². The van der Waals surface area contributed by atoms with Gasteiger partial charge < -0.3 is 0 Å². The Balaban J connectivity index is 0. The molecule has 0 aliphatic carbocycles. The highest BCUT2D eigenvalue weighted by Gasteiger charge is 2.40. The Morgan fingerprint density at radius 3 is 0.885 bits per heavy atom. The summed E-state index contributed by atoms with van der Waals surface area (Å²) in [5.74, 6) is 0. The minimum Gasteiger partial charge on any atom is -0.254 e. The highest BCUT2D eigenvalue weighted by molar-refractivity contribution is 7.90. The Morgan fingerprint density at radius 2 is 0.769 bits per heavy atom. The fraction of sp³-hybridized carbons (Fsp3) is 0.368. The Labute approximate surface area is 164 Å². The smallest absolute Gasteiger partial charge is 0.254 e. The van der Waals surface area contributed by atoms with Crippen LogP contribution >= 0.6 is 0 Å². The van der Waals surface area contributed by atoms with E-state index >= 15 is 0 Å². The van der Waals surface area contributed by atoms with Crippen LogP contribution in [-0.4, -0.2) is 68.5 Å². The van der Waals surface area contributed by atoms with Crippen LogP contribution in [0, 0.1) is 0 Å². The lowest BCUT2D eigenvalue weighted by atomic mass is 10.5. The molecule has 0 atom stereocenters. The van der Waals surface area contributed by atoms with Gasteiger partial charge in [-0.05, 0) is 0 Å². The monoisotopic (exact) mass is 401 g/mol. The zero-order chi connectivity index (χ0) is 20.4. The van der Waals surface area contributed by atoms with Gasteiger partial charge in [0.05, 0.1) is 45.3 Å². The fourth-order valence-corrected chi connectivity index (χ4v) is 4.39. The van der Waals surface area contributed by atoms with Crippen LogP contribution in [-0.2, 0) is 11.5 Å². The Hall–Kier alpha value is -1.25. The molecule has 0 spiro atoms. The second-order valence-electron chi connectivity index (χ2n) is 4.91. The van der Waals surface area contributed by atoms with E-state index in [0.29, 0.717) is 10.2 Å². The Kier molecular flexibility index (Phi) is 19.2. The third-order valence-corrected chi connectivity index (χ3v) is 4.97. The zero-order valence-electron chi connectivity index (χ0n) is 15.7. The molecule has 0 unspecified atom stereocenters. The molecule has 0 aliphatic heterocycles. The molecular weight excluding hydrogens is 368 g/mol. The van der Waals surface area contributed by atoms with Gasteiger partial charge in [0.25, 0.3) is 11.5 Å². The molecule has 0 saturated heterocycles. The van der Waals surface area contributed by atoms with Crippen molar-refractivity contribution in [3.8, 4) is 0 Å². The first kappa shape index (κ1) is 27.0. The van der Waals surface area contributed by atoms with Gasteiger partial charge in [-0.2, -0.15) is 0 Å². The van der Waals surface area contributed by atoms with Crippen LogP contribution < -0.4 is 0 Å².